The Kier molecular flexibility index (Phi) is 4.16. The molecular formula is C13H15ClN4O. The van der Waals surface area contributed by atoms with Gasteiger partial charge in [-0.25, -0.2) is 0 Å². The molecule has 2 N–H and O–H groups in total. The van der Waals surface area contributed by atoms with Crippen molar-refractivity contribution in [1.29, 1.82) is 0 Å². The van der Waals surface area contributed by atoms with E-state index in [1.165, 1.54) is 0 Å². The fraction of sp³-hybridized carbons (Fsp3) is 0.308. The molecule has 0 aliphatic carbocycles. The maximum Gasteiger partial charge on any atom is 0.328 e. The van der Waals surface area contributed by atoms with E-state index in [-0.39, 0.29) is 17.2 Å². The molecular weight excluding hydrogens is 264 g/mol. The van der Waals surface area contributed by atoms with E-state index in [4.69, 9.17) is 22.1 Å². The molecule has 0 bridgehead atoms. The molecule has 100 valence electrons. The Labute approximate surface area is 116 Å². The van der Waals surface area contributed by atoms with Crippen LogP contribution in [0, 0.1) is 0 Å². The summed E-state index contributed by atoms with van der Waals surface area (Å²) in [6, 6.07) is 7.87. The first-order chi connectivity index (χ1) is 9.10. The number of nitrogen functional groups attached to an aromatic ring is 1. The predicted molar refractivity (Wildman–Crippen MR) is 74.5 cm³/mol. The third-order valence-corrected chi connectivity index (χ3v) is 3.04. The number of ether oxygens (including phenoxy) is 1. The number of aromatic nitrogens is 3. The Morgan fingerprint density at radius 2 is 2.00 bits per heavy atom. The normalized spacial score (nSPS) is 12.2. The average Bonchev–Trinajstić information content (AvgIpc) is 2.37. The quantitative estimate of drug-likeness (QED) is 0.927. The van der Waals surface area contributed by atoms with Crippen LogP contribution in [0.4, 0.5) is 5.95 Å². The summed E-state index contributed by atoms with van der Waals surface area (Å²) in [4.78, 5) is 11.5. The van der Waals surface area contributed by atoms with Crippen molar-refractivity contribution < 1.29 is 4.74 Å². The minimum atomic E-state index is 0.0171. The molecule has 0 saturated carbocycles. The van der Waals surface area contributed by atoms with Gasteiger partial charge in [-0.15, -0.1) is 0 Å². The van der Waals surface area contributed by atoms with E-state index < -0.39 is 0 Å². The smallest absolute Gasteiger partial charge is 0.328 e. The van der Waals surface area contributed by atoms with Gasteiger partial charge < -0.3 is 10.5 Å². The molecule has 2 rings (SSSR count). The van der Waals surface area contributed by atoms with Crippen molar-refractivity contribution in [1.82, 2.24) is 15.0 Å². The zero-order valence-electron chi connectivity index (χ0n) is 10.8. The number of hydrogen-bond donors (Lipinski definition) is 1. The molecule has 1 aromatic carbocycles. The number of rotatable bonds is 4. The van der Waals surface area contributed by atoms with Crippen molar-refractivity contribution in [3.8, 4) is 11.8 Å². The van der Waals surface area contributed by atoms with Gasteiger partial charge in [0.2, 0.25) is 11.2 Å². The van der Waals surface area contributed by atoms with Gasteiger partial charge in [-0.1, -0.05) is 32.0 Å². The van der Waals surface area contributed by atoms with Gasteiger partial charge in [0.1, 0.15) is 5.75 Å². The van der Waals surface area contributed by atoms with Gasteiger partial charge in [0.05, 0.1) is 0 Å². The molecule has 0 aliphatic rings. The van der Waals surface area contributed by atoms with Crippen LogP contribution in [0.25, 0.3) is 0 Å². The summed E-state index contributed by atoms with van der Waals surface area (Å²) < 4.78 is 5.67. The lowest BCUT2D eigenvalue weighted by atomic mass is 9.98. The van der Waals surface area contributed by atoms with Crippen molar-refractivity contribution in [2.75, 3.05) is 5.73 Å². The fourth-order valence-corrected chi connectivity index (χ4v) is 1.85. The van der Waals surface area contributed by atoms with Gasteiger partial charge in [-0.3, -0.25) is 0 Å². The molecule has 1 unspecified atom stereocenters. The molecule has 1 atom stereocenters. The molecule has 1 aromatic heterocycles. The van der Waals surface area contributed by atoms with E-state index in [9.17, 15) is 0 Å². The lowest BCUT2D eigenvalue weighted by molar-refractivity contribution is 0.431. The lowest BCUT2D eigenvalue weighted by Gasteiger charge is -2.14. The van der Waals surface area contributed by atoms with Crippen LogP contribution in [0.2, 0.25) is 5.28 Å². The fourth-order valence-electron chi connectivity index (χ4n) is 1.69. The Morgan fingerprint density at radius 3 is 2.68 bits per heavy atom. The largest absolute Gasteiger partial charge is 0.424 e. The molecule has 0 amide bonds. The van der Waals surface area contributed by atoms with Crippen LogP contribution in [0.3, 0.4) is 0 Å². The van der Waals surface area contributed by atoms with Crippen LogP contribution >= 0.6 is 11.6 Å². The van der Waals surface area contributed by atoms with Crippen LogP contribution < -0.4 is 10.5 Å². The van der Waals surface area contributed by atoms with Crippen molar-refractivity contribution >= 4 is 17.5 Å². The monoisotopic (exact) mass is 278 g/mol. The summed E-state index contributed by atoms with van der Waals surface area (Å²) in [5.41, 5.74) is 6.61. The predicted octanol–water partition coefficient (Wildman–Crippen LogP) is 3.41. The van der Waals surface area contributed by atoms with E-state index in [2.05, 4.69) is 28.8 Å². The van der Waals surface area contributed by atoms with Crippen molar-refractivity contribution in [3.63, 3.8) is 0 Å². The number of nitrogens with two attached hydrogens (primary N) is 1. The number of nitrogens with zero attached hydrogens (tertiary/aromatic N) is 3. The van der Waals surface area contributed by atoms with Crippen molar-refractivity contribution in [2.45, 2.75) is 26.2 Å². The van der Waals surface area contributed by atoms with E-state index in [0.29, 0.717) is 11.7 Å². The minimum Gasteiger partial charge on any atom is -0.424 e. The third kappa shape index (κ3) is 3.32. The van der Waals surface area contributed by atoms with Crippen molar-refractivity contribution in [3.05, 3.63) is 35.1 Å². The number of para-hydroxylation sites is 1. The Balaban J connectivity index is 2.32. The Hall–Kier alpha value is -1.88. The zero-order chi connectivity index (χ0) is 13.8. The van der Waals surface area contributed by atoms with Gasteiger partial charge in [0, 0.05) is 0 Å². The highest BCUT2D eigenvalue weighted by Crippen LogP contribution is 2.31. The molecule has 0 fully saturated rings. The molecule has 19 heavy (non-hydrogen) atoms. The minimum absolute atomic E-state index is 0.0171. The van der Waals surface area contributed by atoms with Gasteiger partial charge in [0.15, 0.2) is 0 Å². The second-order valence-corrected chi connectivity index (χ2v) is 4.53. The maximum atomic E-state index is 5.72. The third-order valence-electron chi connectivity index (χ3n) is 2.87. The molecule has 6 heteroatoms. The summed E-state index contributed by atoms with van der Waals surface area (Å²) in [5.74, 6) is 1.13. The van der Waals surface area contributed by atoms with Crippen LogP contribution in [0.15, 0.2) is 24.3 Å². The second-order valence-electron chi connectivity index (χ2n) is 4.19. The maximum absolute atomic E-state index is 5.72. The molecule has 2 aromatic rings. The summed E-state index contributed by atoms with van der Waals surface area (Å²) >= 11 is 5.72. The van der Waals surface area contributed by atoms with Crippen LogP contribution in [-0.2, 0) is 0 Å². The lowest BCUT2D eigenvalue weighted by Crippen LogP contribution is -2.02. The highest BCUT2D eigenvalue weighted by molar-refractivity contribution is 6.28. The summed E-state index contributed by atoms with van der Waals surface area (Å²) in [5, 5.41) is 0.0171. The highest BCUT2D eigenvalue weighted by atomic mass is 35.5. The summed E-state index contributed by atoms with van der Waals surface area (Å²) in [6.07, 6.45) is 1.01. The van der Waals surface area contributed by atoms with E-state index >= 15 is 0 Å². The summed E-state index contributed by atoms with van der Waals surface area (Å²) in [7, 11) is 0. The van der Waals surface area contributed by atoms with Crippen LogP contribution in [0.1, 0.15) is 31.7 Å². The number of anilines is 1. The average molecular weight is 279 g/mol. The number of halogens is 1. The van der Waals surface area contributed by atoms with Gasteiger partial charge in [-0.2, -0.15) is 15.0 Å². The van der Waals surface area contributed by atoms with Crippen LogP contribution in [0.5, 0.6) is 11.8 Å². The molecule has 0 radical (unpaired) electrons. The number of benzene rings is 1. The SMILES string of the molecule is CCC(C)c1ccccc1Oc1nc(N)nc(Cl)n1. The highest BCUT2D eigenvalue weighted by Gasteiger charge is 2.12. The Bertz CT molecular complexity index is 556. The Morgan fingerprint density at radius 1 is 1.26 bits per heavy atom. The van der Waals surface area contributed by atoms with Gasteiger partial charge >= 0.3 is 6.01 Å². The molecule has 0 saturated heterocycles. The van der Waals surface area contributed by atoms with Gasteiger partial charge in [-0.05, 0) is 35.6 Å². The molecule has 0 aliphatic heterocycles. The first-order valence-corrected chi connectivity index (χ1v) is 6.41. The first-order valence-electron chi connectivity index (χ1n) is 6.04. The van der Waals surface area contributed by atoms with Crippen molar-refractivity contribution in [2.24, 2.45) is 0 Å². The topological polar surface area (TPSA) is 73.9 Å². The standard InChI is InChI=1S/C13H15ClN4O/c1-3-8(2)9-6-4-5-7-10(9)19-13-17-11(14)16-12(15)18-13/h4-8H,3H2,1-2H3,(H2,15,16,17,18). The van der Waals surface area contributed by atoms with E-state index in [1.807, 2.05) is 24.3 Å². The molecule has 1 heterocycles. The summed E-state index contributed by atoms with van der Waals surface area (Å²) in [6.45, 7) is 4.26. The van der Waals surface area contributed by atoms with E-state index in [0.717, 1.165) is 12.0 Å². The van der Waals surface area contributed by atoms with E-state index in [1.54, 1.807) is 0 Å². The molecule has 5 nitrogen and oxygen atoms in total. The van der Waals surface area contributed by atoms with Crippen LogP contribution in [-0.4, -0.2) is 15.0 Å². The molecule has 0 spiro atoms. The second kappa shape index (κ2) is 5.84. The number of hydrogen-bond acceptors (Lipinski definition) is 5. The van der Waals surface area contributed by atoms with Gasteiger partial charge in [0.25, 0.3) is 0 Å². The first kappa shape index (κ1) is 13.5. The zero-order valence-corrected chi connectivity index (χ0v) is 11.6.